The van der Waals surface area contributed by atoms with Gasteiger partial charge >= 0.3 is 11.9 Å². The fraction of sp³-hybridized carbons (Fsp3) is 0.846. The third-order valence-electron chi connectivity index (χ3n) is 5.47. The molecule has 30 heavy (non-hydrogen) atoms. The molecule has 0 aromatic rings. The Kier molecular flexibility index (Phi) is 21.4. The van der Waals surface area contributed by atoms with Crippen molar-refractivity contribution in [3.8, 4) is 0 Å². The normalized spacial score (nSPS) is 12.3. The fourth-order valence-electron chi connectivity index (χ4n) is 3.60. The number of hydrogen-bond acceptors (Lipinski definition) is 3. The van der Waals surface area contributed by atoms with Gasteiger partial charge in [0, 0.05) is 6.42 Å². The third kappa shape index (κ3) is 21.4. The minimum atomic E-state index is -0.892. The SMILES string of the molecule is CCCCCC/C=C\CCCCCCCC(=O)OC(CCCCCCC)CC(=O)O. The molecule has 0 aromatic carbocycles. The molecule has 0 fully saturated rings. The third-order valence-corrected chi connectivity index (χ3v) is 5.47. The molecule has 0 rings (SSSR count). The van der Waals surface area contributed by atoms with Crippen LogP contribution in [-0.4, -0.2) is 23.1 Å². The highest BCUT2D eigenvalue weighted by atomic mass is 16.5. The molecule has 0 aromatic heterocycles. The molecule has 4 heteroatoms. The van der Waals surface area contributed by atoms with Gasteiger partial charge in [-0.15, -0.1) is 0 Å². The maximum atomic E-state index is 12.0. The summed E-state index contributed by atoms with van der Waals surface area (Å²) in [5.74, 6) is -1.13. The Bertz CT molecular complexity index is 431. The van der Waals surface area contributed by atoms with Gasteiger partial charge in [0.05, 0.1) is 6.42 Å². The van der Waals surface area contributed by atoms with Gasteiger partial charge in [0.1, 0.15) is 6.10 Å². The maximum absolute atomic E-state index is 12.0. The zero-order valence-electron chi connectivity index (χ0n) is 19.8. The van der Waals surface area contributed by atoms with Crippen molar-refractivity contribution in [2.24, 2.45) is 0 Å². The van der Waals surface area contributed by atoms with Gasteiger partial charge in [0.25, 0.3) is 0 Å². The summed E-state index contributed by atoms with van der Waals surface area (Å²) in [6.45, 7) is 4.41. The molecule has 176 valence electrons. The van der Waals surface area contributed by atoms with Crippen molar-refractivity contribution >= 4 is 11.9 Å². The average Bonchev–Trinajstić information content (AvgIpc) is 2.70. The molecule has 0 saturated heterocycles. The van der Waals surface area contributed by atoms with E-state index < -0.39 is 12.1 Å². The Hall–Kier alpha value is -1.32. The molecule has 4 nitrogen and oxygen atoms in total. The van der Waals surface area contributed by atoms with Crippen LogP contribution in [0.1, 0.15) is 136 Å². The number of aliphatic carboxylic acids is 1. The van der Waals surface area contributed by atoms with Crippen molar-refractivity contribution in [2.45, 2.75) is 142 Å². The van der Waals surface area contributed by atoms with Crippen LogP contribution in [0.25, 0.3) is 0 Å². The Balaban J connectivity index is 3.69. The van der Waals surface area contributed by atoms with E-state index in [0.717, 1.165) is 38.5 Å². The van der Waals surface area contributed by atoms with Crippen LogP contribution in [0.3, 0.4) is 0 Å². The highest BCUT2D eigenvalue weighted by Crippen LogP contribution is 2.15. The summed E-state index contributed by atoms with van der Waals surface area (Å²) in [6.07, 6.45) is 23.8. The van der Waals surface area contributed by atoms with E-state index in [0.29, 0.717) is 12.8 Å². The first-order chi connectivity index (χ1) is 14.6. The van der Waals surface area contributed by atoms with Crippen molar-refractivity contribution in [2.75, 3.05) is 0 Å². The molecule has 1 N–H and O–H groups in total. The lowest BCUT2D eigenvalue weighted by molar-refractivity contribution is -0.153. The second kappa shape index (κ2) is 22.4. The summed E-state index contributed by atoms with van der Waals surface area (Å²) in [6, 6.07) is 0. The smallest absolute Gasteiger partial charge is 0.307 e. The Labute approximate surface area is 185 Å². The number of rotatable bonds is 22. The predicted molar refractivity (Wildman–Crippen MR) is 126 cm³/mol. The number of allylic oxidation sites excluding steroid dienone is 2. The van der Waals surface area contributed by atoms with Crippen LogP contribution in [0, 0.1) is 0 Å². The lowest BCUT2D eigenvalue weighted by Gasteiger charge is -2.16. The first kappa shape index (κ1) is 28.7. The van der Waals surface area contributed by atoms with Crippen LogP contribution in [0.2, 0.25) is 0 Å². The van der Waals surface area contributed by atoms with E-state index in [4.69, 9.17) is 9.84 Å². The van der Waals surface area contributed by atoms with Gasteiger partial charge in [-0.05, 0) is 44.9 Å². The highest BCUT2D eigenvalue weighted by molar-refractivity contribution is 5.71. The summed E-state index contributed by atoms with van der Waals surface area (Å²) in [7, 11) is 0. The lowest BCUT2D eigenvalue weighted by atomic mass is 10.1. The topological polar surface area (TPSA) is 63.6 Å². The number of carbonyl (C=O) groups excluding carboxylic acids is 1. The van der Waals surface area contributed by atoms with E-state index in [1.165, 1.54) is 64.2 Å². The molecule has 0 bridgehead atoms. The summed E-state index contributed by atoms with van der Waals surface area (Å²) >= 11 is 0. The van der Waals surface area contributed by atoms with Gasteiger partial charge in [-0.3, -0.25) is 9.59 Å². The van der Waals surface area contributed by atoms with E-state index in [1.54, 1.807) is 0 Å². The van der Waals surface area contributed by atoms with Crippen LogP contribution in [0.15, 0.2) is 12.2 Å². The van der Waals surface area contributed by atoms with Crippen LogP contribution in [-0.2, 0) is 14.3 Å². The van der Waals surface area contributed by atoms with Crippen molar-refractivity contribution in [1.82, 2.24) is 0 Å². The van der Waals surface area contributed by atoms with Crippen molar-refractivity contribution in [1.29, 1.82) is 0 Å². The number of unbranched alkanes of at least 4 members (excludes halogenated alkanes) is 13. The quantitative estimate of drug-likeness (QED) is 0.109. The zero-order valence-corrected chi connectivity index (χ0v) is 19.8. The first-order valence-electron chi connectivity index (χ1n) is 12.7. The standard InChI is InChI=1S/C26H48O4/c1-3-5-7-9-10-11-12-13-14-15-16-18-20-22-26(29)30-24(23-25(27)28)21-19-17-8-6-4-2/h11-12,24H,3-10,13-23H2,1-2H3,(H,27,28)/b12-11-. The summed E-state index contributed by atoms with van der Waals surface area (Å²) < 4.78 is 5.45. The number of carboxylic acids is 1. The van der Waals surface area contributed by atoms with Crippen LogP contribution in [0.4, 0.5) is 0 Å². The van der Waals surface area contributed by atoms with Crippen molar-refractivity contribution < 1.29 is 19.4 Å². The molecular weight excluding hydrogens is 376 g/mol. The second-order valence-corrected chi connectivity index (χ2v) is 8.54. The van der Waals surface area contributed by atoms with Gasteiger partial charge in [-0.2, -0.15) is 0 Å². The molecule has 1 unspecified atom stereocenters. The van der Waals surface area contributed by atoms with E-state index in [1.807, 2.05) is 0 Å². The number of ether oxygens (including phenoxy) is 1. The molecule has 1 atom stereocenters. The molecule has 0 radical (unpaired) electrons. The molecule has 0 aliphatic carbocycles. The van der Waals surface area contributed by atoms with Gasteiger partial charge in [0.15, 0.2) is 0 Å². The Morgan fingerprint density at radius 1 is 0.733 bits per heavy atom. The molecule has 0 amide bonds. The average molecular weight is 425 g/mol. The predicted octanol–water partition coefficient (Wildman–Crippen LogP) is 7.99. The van der Waals surface area contributed by atoms with Gasteiger partial charge in [0.2, 0.25) is 0 Å². The second-order valence-electron chi connectivity index (χ2n) is 8.54. The van der Waals surface area contributed by atoms with Crippen LogP contribution < -0.4 is 0 Å². The molecular formula is C26H48O4. The lowest BCUT2D eigenvalue weighted by Crippen LogP contribution is -2.21. The van der Waals surface area contributed by atoms with Crippen molar-refractivity contribution in [3.63, 3.8) is 0 Å². The van der Waals surface area contributed by atoms with Crippen LogP contribution in [0.5, 0.6) is 0 Å². The first-order valence-corrected chi connectivity index (χ1v) is 12.7. The summed E-state index contributed by atoms with van der Waals surface area (Å²) in [5, 5.41) is 9.04. The molecule has 0 aliphatic rings. The van der Waals surface area contributed by atoms with E-state index in [-0.39, 0.29) is 12.4 Å². The van der Waals surface area contributed by atoms with E-state index >= 15 is 0 Å². The van der Waals surface area contributed by atoms with Crippen molar-refractivity contribution in [3.05, 3.63) is 12.2 Å². The largest absolute Gasteiger partial charge is 0.481 e. The summed E-state index contributed by atoms with van der Waals surface area (Å²) in [5.41, 5.74) is 0. The number of hydrogen-bond donors (Lipinski definition) is 1. The minimum absolute atomic E-state index is 0.0777. The number of esters is 1. The molecule has 0 saturated carbocycles. The number of carbonyl (C=O) groups is 2. The van der Waals surface area contributed by atoms with Gasteiger partial charge < -0.3 is 9.84 Å². The van der Waals surface area contributed by atoms with Gasteiger partial charge in [-0.25, -0.2) is 0 Å². The van der Waals surface area contributed by atoms with E-state index in [9.17, 15) is 9.59 Å². The molecule has 0 spiro atoms. The Morgan fingerprint density at radius 3 is 1.83 bits per heavy atom. The fourth-order valence-corrected chi connectivity index (χ4v) is 3.60. The van der Waals surface area contributed by atoms with Gasteiger partial charge in [-0.1, -0.05) is 90.2 Å². The molecule has 0 heterocycles. The highest BCUT2D eigenvalue weighted by Gasteiger charge is 2.17. The Morgan fingerprint density at radius 2 is 1.23 bits per heavy atom. The monoisotopic (exact) mass is 424 g/mol. The summed E-state index contributed by atoms with van der Waals surface area (Å²) in [4.78, 5) is 23.1. The maximum Gasteiger partial charge on any atom is 0.307 e. The zero-order chi connectivity index (χ0) is 22.3. The number of carboxylic acid groups (broad SMARTS) is 1. The molecule has 0 aliphatic heterocycles. The minimum Gasteiger partial charge on any atom is -0.481 e. The van der Waals surface area contributed by atoms with E-state index in [2.05, 4.69) is 26.0 Å². The van der Waals surface area contributed by atoms with Crippen LogP contribution >= 0.6 is 0 Å².